The Morgan fingerprint density at radius 3 is 2.52 bits per heavy atom. The lowest BCUT2D eigenvalue weighted by atomic mass is 10.0. The molecule has 1 aliphatic rings. The molecule has 2 heterocycles. The van der Waals surface area contributed by atoms with Gasteiger partial charge in [0.15, 0.2) is 11.5 Å². The summed E-state index contributed by atoms with van der Waals surface area (Å²) < 4.78 is 36.6. The second-order valence-electron chi connectivity index (χ2n) is 5.48. The van der Waals surface area contributed by atoms with Gasteiger partial charge in [-0.2, -0.15) is 0 Å². The zero-order valence-electron chi connectivity index (χ0n) is 12.5. The third-order valence-electron chi connectivity index (χ3n) is 3.89. The van der Waals surface area contributed by atoms with Crippen LogP contribution in [0, 0.1) is 0 Å². The Morgan fingerprint density at radius 1 is 1.00 bits per heavy atom. The maximum atomic E-state index is 12.0. The van der Waals surface area contributed by atoms with Crippen molar-refractivity contribution in [2.45, 2.75) is 0 Å². The topological polar surface area (TPSA) is 57.5 Å². The quantitative estimate of drug-likeness (QED) is 0.725. The molecule has 0 saturated carbocycles. The summed E-state index contributed by atoms with van der Waals surface area (Å²) >= 11 is 0. The molecule has 0 radical (unpaired) electrons. The number of benzene rings is 2. The average molecular weight is 329 g/mol. The van der Waals surface area contributed by atoms with Crippen molar-refractivity contribution in [2.75, 3.05) is 19.5 Å². The number of aromatic nitrogens is 1. The van der Waals surface area contributed by atoms with Crippen molar-refractivity contribution in [3.05, 3.63) is 48.7 Å². The number of fused-ring (bicyclic) bond motifs is 2. The molecule has 5 nitrogen and oxygen atoms in total. The fraction of sp³-hybridized carbons (Fsp3) is 0.176. The molecule has 1 aromatic heterocycles. The van der Waals surface area contributed by atoms with Crippen LogP contribution in [0.1, 0.15) is 0 Å². The third kappa shape index (κ3) is 2.35. The number of hydrogen-bond acceptors (Lipinski definition) is 4. The maximum Gasteiger partial charge on any atom is 0.236 e. The summed E-state index contributed by atoms with van der Waals surface area (Å²) in [6, 6.07) is 13.1. The fourth-order valence-electron chi connectivity index (χ4n) is 2.87. The Morgan fingerprint density at radius 2 is 1.74 bits per heavy atom. The minimum Gasteiger partial charge on any atom is -0.486 e. The van der Waals surface area contributed by atoms with Crippen LogP contribution in [0.5, 0.6) is 11.5 Å². The largest absolute Gasteiger partial charge is 0.486 e. The van der Waals surface area contributed by atoms with E-state index in [1.54, 1.807) is 12.3 Å². The molecule has 118 valence electrons. The van der Waals surface area contributed by atoms with Crippen LogP contribution in [-0.2, 0) is 10.0 Å². The van der Waals surface area contributed by atoms with E-state index in [-0.39, 0.29) is 0 Å². The van der Waals surface area contributed by atoms with Crippen molar-refractivity contribution in [3.8, 4) is 22.6 Å². The molecular formula is C17H15NO4S. The van der Waals surface area contributed by atoms with Crippen molar-refractivity contribution < 1.29 is 17.9 Å². The molecule has 0 amide bonds. The maximum absolute atomic E-state index is 12.0. The number of para-hydroxylation sites is 1. The van der Waals surface area contributed by atoms with E-state index >= 15 is 0 Å². The predicted molar refractivity (Wildman–Crippen MR) is 88.6 cm³/mol. The predicted octanol–water partition coefficient (Wildman–Crippen LogP) is 2.89. The first-order valence-electron chi connectivity index (χ1n) is 7.25. The van der Waals surface area contributed by atoms with Crippen LogP contribution in [0.25, 0.3) is 22.0 Å². The smallest absolute Gasteiger partial charge is 0.236 e. The van der Waals surface area contributed by atoms with Gasteiger partial charge >= 0.3 is 0 Å². The van der Waals surface area contributed by atoms with E-state index in [4.69, 9.17) is 9.47 Å². The van der Waals surface area contributed by atoms with Crippen molar-refractivity contribution in [2.24, 2.45) is 0 Å². The number of hydrogen-bond donors (Lipinski definition) is 0. The van der Waals surface area contributed by atoms with Crippen LogP contribution in [-0.4, -0.2) is 31.9 Å². The molecule has 3 aromatic rings. The standard InChI is InChI=1S/C17H15NO4S/c1-23(19,20)18-11-14(13-4-2-3-5-15(13)18)12-6-7-16-17(10-12)22-9-8-21-16/h2-7,10-11H,8-9H2,1H3. The minimum atomic E-state index is -3.37. The monoisotopic (exact) mass is 329 g/mol. The second kappa shape index (κ2) is 5.03. The van der Waals surface area contributed by atoms with E-state index < -0.39 is 10.0 Å². The lowest BCUT2D eigenvalue weighted by molar-refractivity contribution is 0.171. The number of rotatable bonds is 2. The van der Waals surface area contributed by atoms with Crippen LogP contribution >= 0.6 is 0 Å². The third-order valence-corrected chi connectivity index (χ3v) is 4.91. The molecule has 2 aromatic carbocycles. The van der Waals surface area contributed by atoms with Gasteiger partial charge in [-0.3, -0.25) is 0 Å². The first kappa shape index (κ1) is 14.1. The average Bonchev–Trinajstić information content (AvgIpc) is 2.94. The highest BCUT2D eigenvalue weighted by molar-refractivity contribution is 7.89. The van der Waals surface area contributed by atoms with Gasteiger partial charge in [0, 0.05) is 17.1 Å². The van der Waals surface area contributed by atoms with E-state index in [1.165, 1.54) is 10.2 Å². The summed E-state index contributed by atoms with van der Waals surface area (Å²) in [5, 5.41) is 0.884. The van der Waals surface area contributed by atoms with Crippen molar-refractivity contribution in [1.82, 2.24) is 3.97 Å². The van der Waals surface area contributed by atoms with Crippen LogP contribution in [0.4, 0.5) is 0 Å². The fourth-order valence-corrected chi connectivity index (χ4v) is 3.68. The van der Waals surface area contributed by atoms with Gasteiger partial charge in [0.05, 0.1) is 11.8 Å². The molecule has 6 heteroatoms. The first-order valence-corrected chi connectivity index (χ1v) is 9.09. The summed E-state index contributed by atoms with van der Waals surface area (Å²) in [4.78, 5) is 0. The molecular weight excluding hydrogens is 314 g/mol. The van der Waals surface area contributed by atoms with Gasteiger partial charge in [-0.1, -0.05) is 24.3 Å². The van der Waals surface area contributed by atoms with E-state index in [0.29, 0.717) is 30.2 Å². The Kier molecular flexibility index (Phi) is 3.09. The molecule has 0 bridgehead atoms. The first-order chi connectivity index (χ1) is 11.0. The lowest BCUT2D eigenvalue weighted by Crippen LogP contribution is -2.15. The molecule has 0 fully saturated rings. The highest BCUT2D eigenvalue weighted by atomic mass is 32.2. The molecule has 0 unspecified atom stereocenters. The highest BCUT2D eigenvalue weighted by Gasteiger charge is 2.18. The van der Waals surface area contributed by atoms with Gasteiger partial charge in [0.1, 0.15) is 13.2 Å². The minimum absolute atomic E-state index is 0.515. The summed E-state index contributed by atoms with van der Waals surface area (Å²) in [5.74, 6) is 1.40. The van der Waals surface area contributed by atoms with Crippen LogP contribution in [0.15, 0.2) is 48.7 Å². The normalized spacial score (nSPS) is 14.1. The number of nitrogens with zero attached hydrogens (tertiary/aromatic N) is 1. The molecule has 0 N–H and O–H groups in total. The van der Waals surface area contributed by atoms with Gasteiger partial charge in [0.25, 0.3) is 0 Å². The van der Waals surface area contributed by atoms with Gasteiger partial charge in [-0.25, -0.2) is 12.4 Å². The van der Waals surface area contributed by atoms with Gasteiger partial charge < -0.3 is 9.47 Å². The Labute approximate surface area is 134 Å². The van der Waals surface area contributed by atoms with E-state index in [0.717, 1.165) is 16.5 Å². The van der Waals surface area contributed by atoms with Crippen molar-refractivity contribution in [1.29, 1.82) is 0 Å². The molecule has 0 saturated heterocycles. The molecule has 0 spiro atoms. The Balaban J connectivity index is 1.96. The zero-order chi connectivity index (χ0) is 16.0. The van der Waals surface area contributed by atoms with E-state index in [2.05, 4.69) is 0 Å². The zero-order valence-corrected chi connectivity index (χ0v) is 13.3. The molecule has 0 aliphatic carbocycles. The van der Waals surface area contributed by atoms with Gasteiger partial charge in [0.2, 0.25) is 10.0 Å². The SMILES string of the molecule is CS(=O)(=O)n1cc(-c2ccc3c(c2)OCCO3)c2ccccc21. The Bertz CT molecular complexity index is 1000. The summed E-state index contributed by atoms with van der Waals surface area (Å²) in [6.07, 6.45) is 2.86. The molecule has 23 heavy (non-hydrogen) atoms. The van der Waals surface area contributed by atoms with E-state index in [1.807, 2.05) is 36.4 Å². The van der Waals surface area contributed by atoms with Crippen LogP contribution in [0.2, 0.25) is 0 Å². The van der Waals surface area contributed by atoms with Crippen molar-refractivity contribution in [3.63, 3.8) is 0 Å². The van der Waals surface area contributed by atoms with Crippen LogP contribution < -0.4 is 9.47 Å². The Hall–Kier alpha value is -2.47. The van der Waals surface area contributed by atoms with Gasteiger partial charge in [-0.15, -0.1) is 0 Å². The second-order valence-corrected chi connectivity index (χ2v) is 7.34. The summed E-state index contributed by atoms with van der Waals surface area (Å²) in [5.41, 5.74) is 2.41. The molecule has 4 rings (SSSR count). The molecule has 0 atom stereocenters. The molecule has 1 aliphatic heterocycles. The van der Waals surface area contributed by atoms with Gasteiger partial charge in [-0.05, 0) is 23.8 Å². The summed E-state index contributed by atoms with van der Waals surface area (Å²) in [7, 11) is -3.37. The number of ether oxygens (including phenoxy) is 2. The summed E-state index contributed by atoms with van der Waals surface area (Å²) in [6.45, 7) is 1.06. The van der Waals surface area contributed by atoms with Crippen LogP contribution in [0.3, 0.4) is 0 Å². The van der Waals surface area contributed by atoms with E-state index in [9.17, 15) is 8.42 Å². The highest BCUT2D eigenvalue weighted by Crippen LogP contribution is 2.37. The lowest BCUT2D eigenvalue weighted by Gasteiger charge is -2.18. The van der Waals surface area contributed by atoms with Crippen molar-refractivity contribution >= 4 is 20.9 Å².